The molecule has 0 radical (unpaired) electrons. The van der Waals surface area contributed by atoms with Crippen molar-refractivity contribution in [1.29, 1.82) is 0 Å². The Bertz CT molecular complexity index is 1040. The number of carbonyl (C=O) groups excluding carboxylic acids is 2. The summed E-state index contributed by atoms with van der Waals surface area (Å²) in [6.45, 7) is 4.62. The average molecular weight is 481 g/mol. The van der Waals surface area contributed by atoms with Crippen LogP contribution in [0.5, 0.6) is 0 Å². The van der Waals surface area contributed by atoms with Crippen LogP contribution in [-0.4, -0.2) is 55.0 Å². The minimum absolute atomic E-state index is 0.0687. The molecule has 1 heterocycles. The van der Waals surface area contributed by atoms with Crippen molar-refractivity contribution < 1.29 is 29.0 Å². The molecule has 0 spiro atoms. The van der Waals surface area contributed by atoms with E-state index in [9.17, 15) is 19.5 Å². The highest BCUT2D eigenvalue weighted by Crippen LogP contribution is 2.44. The Balaban J connectivity index is 1.36. The molecule has 186 valence electrons. The van der Waals surface area contributed by atoms with Crippen molar-refractivity contribution in [3.8, 4) is 11.1 Å². The van der Waals surface area contributed by atoms with Crippen molar-refractivity contribution in [3.63, 3.8) is 0 Å². The third-order valence-corrected chi connectivity index (χ3v) is 6.66. The molecule has 3 atom stereocenters. The fraction of sp³-hybridized carbons (Fsp3) is 0.444. The number of amides is 2. The van der Waals surface area contributed by atoms with Crippen LogP contribution in [0.15, 0.2) is 48.5 Å². The Morgan fingerprint density at radius 3 is 2.29 bits per heavy atom. The van der Waals surface area contributed by atoms with E-state index < -0.39 is 24.2 Å². The number of carboxylic acids is 1. The third kappa shape index (κ3) is 5.65. The number of hydrogen-bond acceptors (Lipinski definition) is 5. The molecule has 1 aliphatic heterocycles. The molecule has 8 heteroatoms. The molecular formula is C27H32N2O6. The van der Waals surface area contributed by atoms with E-state index in [0.717, 1.165) is 22.3 Å². The van der Waals surface area contributed by atoms with Crippen LogP contribution in [0.3, 0.4) is 0 Å². The molecule has 1 fully saturated rings. The molecule has 0 aromatic heterocycles. The van der Waals surface area contributed by atoms with E-state index in [2.05, 4.69) is 22.8 Å². The molecule has 4 rings (SSSR count). The van der Waals surface area contributed by atoms with Crippen molar-refractivity contribution in [2.24, 2.45) is 11.8 Å². The highest BCUT2D eigenvalue weighted by atomic mass is 16.5. The monoisotopic (exact) mass is 480 g/mol. The molecule has 1 saturated heterocycles. The van der Waals surface area contributed by atoms with Gasteiger partial charge in [-0.05, 0) is 41.0 Å². The molecule has 3 N–H and O–H groups in total. The lowest BCUT2D eigenvalue weighted by Gasteiger charge is -2.22. The van der Waals surface area contributed by atoms with Crippen molar-refractivity contribution in [2.45, 2.75) is 44.8 Å². The van der Waals surface area contributed by atoms with E-state index in [4.69, 9.17) is 9.47 Å². The lowest BCUT2D eigenvalue weighted by Crippen LogP contribution is -2.49. The van der Waals surface area contributed by atoms with Gasteiger partial charge in [0.2, 0.25) is 5.91 Å². The van der Waals surface area contributed by atoms with Gasteiger partial charge in [-0.3, -0.25) is 4.79 Å². The minimum atomic E-state index is -1.03. The first-order chi connectivity index (χ1) is 16.8. The number of ether oxygens (including phenoxy) is 2. The zero-order valence-electron chi connectivity index (χ0n) is 20.0. The summed E-state index contributed by atoms with van der Waals surface area (Å²) >= 11 is 0. The number of aliphatic carboxylic acids is 1. The zero-order valence-corrected chi connectivity index (χ0v) is 20.0. The average Bonchev–Trinajstić information content (AvgIpc) is 3.43. The minimum Gasteiger partial charge on any atom is -0.479 e. The molecular weight excluding hydrogens is 448 g/mol. The fourth-order valence-electron chi connectivity index (χ4n) is 4.96. The van der Waals surface area contributed by atoms with Crippen LogP contribution in [-0.2, 0) is 19.1 Å². The first-order valence-electron chi connectivity index (χ1n) is 12.1. The molecule has 0 bridgehead atoms. The predicted octanol–water partition coefficient (Wildman–Crippen LogP) is 3.55. The maximum absolute atomic E-state index is 12.9. The van der Waals surface area contributed by atoms with Gasteiger partial charge in [0.25, 0.3) is 0 Å². The summed E-state index contributed by atoms with van der Waals surface area (Å²) in [7, 11) is 0. The van der Waals surface area contributed by atoms with Gasteiger partial charge in [0.15, 0.2) is 6.10 Å². The van der Waals surface area contributed by atoms with Gasteiger partial charge in [-0.2, -0.15) is 0 Å². The van der Waals surface area contributed by atoms with Crippen LogP contribution in [0.25, 0.3) is 11.1 Å². The Morgan fingerprint density at radius 1 is 1.06 bits per heavy atom. The van der Waals surface area contributed by atoms with Crippen molar-refractivity contribution in [3.05, 3.63) is 59.7 Å². The topological polar surface area (TPSA) is 114 Å². The number of fused-ring (bicyclic) bond motifs is 3. The van der Waals surface area contributed by atoms with E-state index >= 15 is 0 Å². The van der Waals surface area contributed by atoms with Crippen molar-refractivity contribution >= 4 is 18.0 Å². The summed E-state index contributed by atoms with van der Waals surface area (Å²) < 4.78 is 10.8. The van der Waals surface area contributed by atoms with Gasteiger partial charge in [-0.25, -0.2) is 9.59 Å². The number of rotatable bonds is 9. The Kier molecular flexibility index (Phi) is 7.70. The SMILES string of the molecule is CC(C)C[C@H](NC(=O)OCC1c2ccccc2-c2ccccc21)C(=O)NC[C@H]1CCO[C@H]1C(=O)O. The molecule has 35 heavy (non-hydrogen) atoms. The molecule has 2 aromatic carbocycles. The maximum Gasteiger partial charge on any atom is 0.407 e. The largest absolute Gasteiger partial charge is 0.479 e. The van der Waals surface area contributed by atoms with Crippen LogP contribution < -0.4 is 10.6 Å². The summed E-state index contributed by atoms with van der Waals surface area (Å²) in [6, 6.07) is 15.4. The smallest absolute Gasteiger partial charge is 0.407 e. The molecule has 0 saturated carbocycles. The van der Waals surface area contributed by atoms with Crippen LogP contribution >= 0.6 is 0 Å². The zero-order chi connectivity index (χ0) is 24.9. The van der Waals surface area contributed by atoms with Crippen molar-refractivity contribution in [2.75, 3.05) is 19.8 Å². The number of carbonyl (C=O) groups is 3. The van der Waals surface area contributed by atoms with Gasteiger partial charge in [-0.1, -0.05) is 62.4 Å². The maximum atomic E-state index is 12.9. The number of nitrogens with one attached hydrogen (secondary N) is 2. The van der Waals surface area contributed by atoms with Crippen LogP contribution in [0.4, 0.5) is 4.79 Å². The molecule has 2 aliphatic rings. The second-order valence-electron chi connectivity index (χ2n) is 9.58. The van der Waals surface area contributed by atoms with Crippen LogP contribution in [0.1, 0.15) is 43.7 Å². The van der Waals surface area contributed by atoms with Crippen LogP contribution in [0, 0.1) is 11.8 Å². The van der Waals surface area contributed by atoms with E-state index in [0.29, 0.717) is 19.4 Å². The van der Waals surface area contributed by atoms with Gasteiger partial charge in [0.1, 0.15) is 12.6 Å². The predicted molar refractivity (Wildman–Crippen MR) is 130 cm³/mol. The van der Waals surface area contributed by atoms with Gasteiger partial charge in [0, 0.05) is 25.0 Å². The molecule has 1 aliphatic carbocycles. The molecule has 2 amide bonds. The Labute approximate surface area is 205 Å². The highest BCUT2D eigenvalue weighted by molar-refractivity contribution is 5.86. The van der Waals surface area contributed by atoms with Gasteiger partial charge in [0.05, 0.1) is 0 Å². The fourth-order valence-corrected chi connectivity index (χ4v) is 4.96. The summed E-state index contributed by atoms with van der Waals surface area (Å²) in [5.41, 5.74) is 4.52. The summed E-state index contributed by atoms with van der Waals surface area (Å²) in [6.07, 6.45) is -0.583. The first-order valence-corrected chi connectivity index (χ1v) is 12.1. The summed E-state index contributed by atoms with van der Waals surface area (Å²) in [4.78, 5) is 36.9. The highest BCUT2D eigenvalue weighted by Gasteiger charge is 2.35. The lowest BCUT2D eigenvalue weighted by atomic mass is 9.98. The standard InChI is InChI=1S/C27H32N2O6/c1-16(2)13-23(25(30)28-14-17-11-12-34-24(17)26(31)32)29-27(33)35-15-22-20-9-5-3-7-18(20)19-8-4-6-10-21(19)22/h3-10,16-17,22-24H,11-15H2,1-2H3,(H,28,30)(H,29,33)(H,31,32)/t17-,23+,24-/m1/s1. The number of benzene rings is 2. The summed E-state index contributed by atoms with van der Waals surface area (Å²) in [5.74, 6) is -1.60. The molecule has 8 nitrogen and oxygen atoms in total. The third-order valence-electron chi connectivity index (χ3n) is 6.66. The van der Waals surface area contributed by atoms with Gasteiger partial charge < -0.3 is 25.2 Å². The second kappa shape index (κ2) is 10.9. The van der Waals surface area contributed by atoms with Crippen LogP contribution in [0.2, 0.25) is 0 Å². The number of hydrogen-bond donors (Lipinski definition) is 3. The lowest BCUT2D eigenvalue weighted by molar-refractivity contribution is -0.149. The second-order valence-corrected chi connectivity index (χ2v) is 9.58. The summed E-state index contributed by atoms with van der Waals surface area (Å²) in [5, 5.41) is 14.8. The quantitative estimate of drug-likeness (QED) is 0.506. The van der Waals surface area contributed by atoms with Crippen molar-refractivity contribution in [1.82, 2.24) is 10.6 Å². The van der Waals surface area contributed by atoms with E-state index in [1.54, 1.807) is 0 Å². The Morgan fingerprint density at radius 2 is 1.69 bits per heavy atom. The van der Waals surface area contributed by atoms with Gasteiger partial charge >= 0.3 is 12.1 Å². The number of alkyl carbamates (subject to hydrolysis) is 1. The van der Waals surface area contributed by atoms with E-state index in [1.807, 2.05) is 50.2 Å². The van der Waals surface area contributed by atoms with E-state index in [1.165, 1.54) is 0 Å². The van der Waals surface area contributed by atoms with Gasteiger partial charge in [-0.15, -0.1) is 0 Å². The normalized spacial score (nSPS) is 19.6. The van der Waals surface area contributed by atoms with E-state index in [-0.39, 0.29) is 36.8 Å². The number of carboxylic acid groups (broad SMARTS) is 1. The Hall–Kier alpha value is -3.39. The molecule has 2 aromatic rings. The molecule has 0 unspecified atom stereocenters. The first kappa shape index (κ1) is 24.7.